The van der Waals surface area contributed by atoms with E-state index in [1.807, 2.05) is 0 Å². The van der Waals surface area contributed by atoms with Crippen LogP contribution in [0.5, 0.6) is 0 Å². The van der Waals surface area contributed by atoms with E-state index in [1.54, 1.807) is 0 Å². The van der Waals surface area contributed by atoms with Gasteiger partial charge in [0, 0.05) is 49.9 Å². The summed E-state index contributed by atoms with van der Waals surface area (Å²) in [5, 5.41) is 0.884. The molecule has 0 amide bonds. The molecule has 70 heavy (non-hydrogen) atoms. The second kappa shape index (κ2) is 20.2. The summed E-state index contributed by atoms with van der Waals surface area (Å²) in [5.74, 6) is 0.406. The van der Waals surface area contributed by atoms with Gasteiger partial charge >= 0.3 is 70.4 Å². The summed E-state index contributed by atoms with van der Waals surface area (Å²) >= 11 is 6.62. The van der Waals surface area contributed by atoms with Crippen LogP contribution >= 0.6 is 11.6 Å². The van der Waals surface area contributed by atoms with E-state index in [0.29, 0.717) is 5.88 Å². The molecule has 6 saturated heterocycles. The number of halogens is 1. The predicted octanol–water partition coefficient (Wildman–Crippen LogP) is 13.8. The van der Waals surface area contributed by atoms with Gasteiger partial charge in [-0.3, -0.25) is 0 Å². The second-order valence-electron chi connectivity index (χ2n) is 24.2. The van der Waals surface area contributed by atoms with Gasteiger partial charge in [0.1, 0.15) is 0 Å². The molecule has 12 nitrogen and oxygen atoms in total. The molecule has 1 aromatic carbocycles. The minimum Gasteiger partial charge on any atom is -0.373 e. The van der Waals surface area contributed by atoms with Crippen molar-refractivity contribution < 1.29 is 49.4 Å². The summed E-state index contributed by atoms with van der Waals surface area (Å²) in [6.45, 7) is 0. The lowest BCUT2D eigenvalue weighted by Gasteiger charge is -2.67. The first kappa shape index (κ1) is 50.3. The van der Waals surface area contributed by atoms with Crippen molar-refractivity contribution >= 4 is 87.2 Å². The summed E-state index contributed by atoms with van der Waals surface area (Å²) in [5.41, 5.74) is 1.06. The van der Waals surface area contributed by atoms with Gasteiger partial charge in [-0.05, 0) is 95.5 Å². The van der Waals surface area contributed by atoms with Crippen molar-refractivity contribution in [1.82, 2.24) is 0 Å². The minimum atomic E-state index is -4.33. The summed E-state index contributed by atoms with van der Waals surface area (Å²) in [6, 6.07) is 8.64. The molecule has 7 saturated carbocycles. The standard InChI is InChI=1S/C49H83ClO12Si8/c50-40-41-36-38-49(39-37-41)70-60-67(46-30-16-5-17-31-46)54-64(43-24-10-2-11-25-43)51-63(42-22-8-1-9-23-42)52-65(56-67,44-26-12-3-13-27-44)58-69(62-70,48-34-20-7-21-35-48)59-66(53-63,45-28-14-4-15-29-45)57-68(55-64,61-70)47-32-18-6-19-33-47/h36-39,42-48H,1-35,40H2. The molecular weight excluding hydrogens is 1040 g/mol. The molecule has 0 aromatic heterocycles. The molecule has 6 aliphatic heterocycles. The first-order valence-electron chi connectivity index (χ1n) is 29.3. The first-order valence-corrected chi connectivity index (χ1v) is 44.2. The molecule has 21 heteroatoms. The fourth-order valence-electron chi connectivity index (χ4n) is 15.8. The number of rotatable bonds is 9. The van der Waals surface area contributed by atoms with Gasteiger partial charge in [0.15, 0.2) is 0 Å². The van der Waals surface area contributed by atoms with Crippen molar-refractivity contribution in [2.75, 3.05) is 0 Å². The molecule has 6 heterocycles. The third kappa shape index (κ3) is 8.86. The summed E-state index contributed by atoms with van der Waals surface area (Å²) in [4.78, 5) is 0. The summed E-state index contributed by atoms with van der Waals surface area (Å²) in [7, 11) is -32.9. The van der Waals surface area contributed by atoms with Crippen LogP contribution in [0.1, 0.15) is 230 Å². The fourth-order valence-corrected chi connectivity index (χ4v) is 71.5. The second-order valence-corrected chi connectivity index (χ2v) is 50.1. The molecule has 0 unspecified atom stereocenters. The third-order valence-electron chi connectivity index (χ3n) is 19.6. The van der Waals surface area contributed by atoms with E-state index in [1.165, 1.54) is 44.9 Å². The van der Waals surface area contributed by atoms with Crippen molar-refractivity contribution in [3.63, 3.8) is 0 Å². The van der Waals surface area contributed by atoms with Crippen LogP contribution < -0.4 is 5.19 Å². The molecule has 13 fully saturated rings. The van der Waals surface area contributed by atoms with Crippen LogP contribution in [0.15, 0.2) is 24.3 Å². The number of benzene rings is 1. The lowest BCUT2D eigenvalue weighted by atomic mass is 10.0. The van der Waals surface area contributed by atoms with Gasteiger partial charge in [0.05, 0.1) is 0 Å². The van der Waals surface area contributed by atoms with Gasteiger partial charge in [-0.25, -0.2) is 0 Å². The lowest BCUT2D eigenvalue weighted by Crippen LogP contribution is -2.92. The summed E-state index contributed by atoms with van der Waals surface area (Å²) < 4.78 is 105. The molecular formula is C49H83ClO12Si8. The van der Waals surface area contributed by atoms with E-state index in [-0.39, 0.29) is 38.8 Å². The normalized spacial score (nSPS) is 44.6. The van der Waals surface area contributed by atoms with Crippen LogP contribution in [0.25, 0.3) is 0 Å². The van der Waals surface area contributed by atoms with Gasteiger partial charge in [-0.2, -0.15) is 0 Å². The van der Waals surface area contributed by atoms with Crippen LogP contribution in [-0.2, 0) is 55.3 Å². The Morgan fingerprint density at radius 3 is 0.643 bits per heavy atom. The predicted molar refractivity (Wildman–Crippen MR) is 283 cm³/mol. The zero-order valence-corrected chi connectivity index (χ0v) is 50.8. The Bertz CT molecular complexity index is 1790. The van der Waals surface area contributed by atoms with Crippen molar-refractivity contribution in [1.29, 1.82) is 0 Å². The highest BCUT2D eigenvalue weighted by Crippen LogP contribution is 2.65. The lowest BCUT2D eigenvalue weighted by molar-refractivity contribution is -0.0485. The van der Waals surface area contributed by atoms with E-state index < -0.39 is 70.4 Å². The maximum Gasteiger partial charge on any atom is 0.515 e. The topological polar surface area (TPSA) is 111 Å². The summed E-state index contributed by atoms with van der Waals surface area (Å²) in [6.07, 6.45) is 37.1. The van der Waals surface area contributed by atoms with E-state index in [4.69, 9.17) is 61.0 Å². The van der Waals surface area contributed by atoms with Crippen LogP contribution in [0.3, 0.4) is 0 Å². The highest BCUT2D eigenvalue weighted by Gasteiger charge is 2.88. The average molecular weight is 1120 g/mol. The molecule has 0 radical (unpaired) electrons. The zero-order chi connectivity index (χ0) is 47.0. The Kier molecular flexibility index (Phi) is 14.5. The van der Waals surface area contributed by atoms with Crippen molar-refractivity contribution in [2.24, 2.45) is 0 Å². The van der Waals surface area contributed by atoms with Crippen LogP contribution in [-0.4, -0.2) is 70.4 Å². The molecule has 14 rings (SSSR count). The molecule has 390 valence electrons. The van der Waals surface area contributed by atoms with Crippen LogP contribution in [0, 0.1) is 0 Å². The van der Waals surface area contributed by atoms with Gasteiger partial charge in [-0.1, -0.05) is 159 Å². The third-order valence-corrected chi connectivity index (χ3v) is 59.1. The van der Waals surface area contributed by atoms with Gasteiger partial charge in [0.25, 0.3) is 0 Å². The average Bonchev–Trinajstić information content (AvgIpc) is 3.40. The van der Waals surface area contributed by atoms with Crippen molar-refractivity contribution in [3.05, 3.63) is 29.8 Å². The van der Waals surface area contributed by atoms with E-state index >= 15 is 0 Å². The number of hydrogen-bond acceptors (Lipinski definition) is 12. The largest absolute Gasteiger partial charge is 0.515 e. The number of alkyl halides is 1. The molecule has 1 aromatic rings. The van der Waals surface area contributed by atoms with E-state index in [2.05, 4.69) is 24.3 Å². The monoisotopic (exact) mass is 1120 g/mol. The molecule has 0 N–H and O–H groups in total. The van der Waals surface area contributed by atoms with E-state index in [0.717, 1.165) is 191 Å². The fraction of sp³-hybridized carbons (Fsp3) is 0.878. The maximum atomic E-state index is 8.74. The minimum absolute atomic E-state index is 0.0171. The van der Waals surface area contributed by atoms with Crippen molar-refractivity contribution in [2.45, 2.75) is 269 Å². The molecule has 8 bridgehead atoms. The SMILES string of the molecule is ClCc1ccc([Si]23O[Si]4(C5CCCCC5)O[Si]5(C6CCCCC6)O[Si](C6CCCCC6)(O2)O[Si]2(C6CCCCC6)O[Si](C6CCCCC6)(O3)O[Si](C3CCCCC3)(O4)O[Si](C3CCCCC3)(O5)O2)cc1. The zero-order valence-electron chi connectivity index (χ0n) is 42.1. The molecule has 0 atom stereocenters. The Balaban J connectivity index is 1.15. The van der Waals surface area contributed by atoms with Gasteiger partial charge < -0.3 is 49.4 Å². The highest BCUT2D eigenvalue weighted by atomic mass is 35.5. The smallest absolute Gasteiger partial charge is 0.373 e. The van der Waals surface area contributed by atoms with Gasteiger partial charge in [-0.15, -0.1) is 11.6 Å². The van der Waals surface area contributed by atoms with Crippen LogP contribution in [0.2, 0.25) is 38.8 Å². The van der Waals surface area contributed by atoms with Crippen molar-refractivity contribution in [3.8, 4) is 0 Å². The molecule has 7 aliphatic carbocycles. The number of hydrogen-bond donors (Lipinski definition) is 0. The van der Waals surface area contributed by atoms with Gasteiger partial charge in [0.2, 0.25) is 0 Å². The first-order chi connectivity index (χ1) is 34.3. The van der Waals surface area contributed by atoms with Crippen LogP contribution in [0.4, 0.5) is 0 Å². The Hall–Kier alpha value is 0.765. The Morgan fingerprint density at radius 2 is 0.457 bits per heavy atom. The quantitative estimate of drug-likeness (QED) is 0.173. The molecule has 13 aliphatic rings. The Morgan fingerprint density at radius 1 is 0.271 bits per heavy atom. The van der Waals surface area contributed by atoms with E-state index in [9.17, 15) is 0 Å². The Labute approximate surface area is 433 Å². The highest BCUT2D eigenvalue weighted by molar-refractivity contribution is 7.06. The molecule has 0 spiro atoms. The maximum absolute atomic E-state index is 8.74.